The molecule has 1 spiro atoms. The van der Waals surface area contributed by atoms with Gasteiger partial charge in [0.2, 0.25) is 0 Å². The molecule has 2 fully saturated rings. The molecule has 2 nitrogen and oxygen atoms in total. The Kier molecular flexibility index (Phi) is 4.14. The van der Waals surface area contributed by atoms with Gasteiger partial charge >= 0.3 is 0 Å². The van der Waals surface area contributed by atoms with E-state index in [2.05, 4.69) is 33.0 Å². The molecule has 0 radical (unpaired) electrons. The number of nitrogens with one attached hydrogen (secondary N) is 1. The Labute approximate surface area is 107 Å². The molecule has 2 rings (SSSR count). The summed E-state index contributed by atoms with van der Waals surface area (Å²) in [6.07, 6.45) is 7.31. The molecule has 17 heavy (non-hydrogen) atoms. The fraction of sp³-hybridized carbons (Fsp3) is 1.00. The van der Waals surface area contributed by atoms with Crippen LogP contribution >= 0.6 is 0 Å². The van der Waals surface area contributed by atoms with E-state index in [-0.39, 0.29) is 0 Å². The predicted molar refractivity (Wildman–Crippen MR) is 72.2 cm³/mol. The smallest absolute Gasteiger partial charge is 0.0661 e. The first-order valence-corrected chi connectivity index (χ1v) is 7.48. The Morgan fingerprint density at radius 3 is 2.41 bits per heavy atom. The Balaban J connectivity index is 1.95. The van der Waals surface area contributed by atoms with Crippen LogP contribution < -0.4 is 5.32 Å². The summed E-state index contributed by atoms with van der Waals surface area (Å²) in [6, 6.07) is 1.33. The maximum Gasteiger partial charge on any atom is 0.0661 e. The van der Waals surface area contributed by atoms with Crippen LogP contribution in [-0.4, -0.2) is 24.8 Å². The molecule has 1 N–H and O–H groups in total. The van der Waals surface area contributed by atoms with Gasteiger partial charge in [0.1, 0.15) is 0 Å². The third-order valence-electron chi connectivity index (χ3n) is 5.15. The molecular weight excluding hydrogens is 210 g/mol. The first-order chi connectivity index (χ1) is 8.10. The average Bonchev–Trinajstić information content (AvgIpc) is 2.79. The molecule has 0 aromatic carbocycles. The maximum absolute atomic E-state index is 5.95. The van der Waals surface area contributed by atoms with Crippen LogP contribution in [0.3, 0.4) is 0 Å². The van der Waals surface area contributed by atoms with Gasteiger partial charge in [-0.05, 0) is 39.0 Å². The molecule has 2 saturated carbocycles. The highest BCUT2D eigenvalue weighted by atomic mass is 16.5. The second-order valence-electron chi connectivity index (χ2n) is 6.37. The van der Waals surface area contributed by atoms with Crippen molar-refractivity contribution >= 4 is 0 Å². The van der Waals surface area contributed by atoms with E-state index in [4.69, 9.17) is 4.74 Å². The molecule has 3 unspecified atom stereocenters. The number of ether oxygens (including phenoxy) is 1. The fourth-order valence-corrected chi connectivity index (χ4v) is 3.63. The Bertz CT molecular complexity index is 245. The third-order valence-corrected chi connectivity index (χ3v) is 5.15. The summed E-state index contributed by atoms with van der Waals surface area (Å²) in [7, 11) is 0. The summed E-state index contributed by atoms with van der Waals surface area (Å²) >= 11 is 0. The molecule has 3 atom stereocenters. The second kappa shape index (κ2) is 5.27. The molecule has 0 aromatic heterocycles. The van der Waals surface area contributed by atoms with E-state index < -0.39 is 0 Å². The standard InChI is InChI=1S/C15H29NO/c1-5-17-14-10-13(16-12(4)11(2)3)15(14)8-6-7-9-15/h11-14,16H,5-10H2,1-4H3. The Morgan fingerprint density at radius 1 is 1.24 bits per heavy atom. The van der Waals surface area contributed by atoms with Crippen molar-refractivity contribution in [3.63, 3.8) is 0 Å². The van der Waals surface area contributed by atoms with Crippen molar-refractivity contribution in [2.45, 2.75) is 78.0 Å². The van der Waals surface area contributed by atoms with Crippen LogP contribution in [0.25, 0.3) is 0 Å². The summed E-state index contributed by atoms with van der Waals surface area (Å²) < 4.78 is 5.95. The van der Waals surface area contributed by atoms with Crippen LogP contribution in [0.15, 0.2) is 0 Å². The van der Waals surface area contributed by atoms with Crippen molar-refractivity contribution in [1.82, 2.24) is 5.32 Å². The van der Waals surface area contributed by atoms with Crippen LogP contribution in [0, 0.1) is 11.3 Å². The molecule has 2 heteroatoms. The summed E-state index contributed by atoms with van der Waals surface area (Å²) in [5.74, 6) is 0.722. The van der Waals surface area contributed by atoms with Gasteiger partial charge in [0, 0.05) is 24.1 Å². The zero-order valence-corrected chi connectivity index (χ0v) is 12.0. The molecule has 0 aromatic rings. The summed E-state index contributed by atoms with van der Waals surface area (Å²) in [5, 5.41) is 3.86. The van der Waals surface area contributed by atoms with Gasteiger partial charge in [0.15, 0.2) is 0 Å². The van der Waals surface area contributed by atoms with E-state index in [0.717, 1.165) is 12.5 Å². The van der Waals surface area contributed by atoms with Crippen LogP contribution in [0.5, 0.6) is 0 Å². The zero-order valence-electron chi connectivity index (χ0n) is 12.0. The first kappa shape index (κ1) is 13.4. The van der Waals surface area contributed by atoms with Gasteiger partial charge in [-0.1, -0.05) is 26.7 Å². The normalized spacial score (nSPS) is 33.0. The van der Waals surface area contributed by atoms with Crippen molar-refractivity contribution < 1.29 is 4.74 Å². The van der Waals surface area contributed by atoms with Gasteiger partial charge < -0.3 is 10.1 Å². The highest BCUT2D eigenvalue weighted by Crippen LogP contribution is 2.54. The topological polar surface area (TPSA) is 21.3 Å². The summed E-state index contributed by atoms with van der Waals surface area (Å²) in [4.78, 5) is 0. The highest BCUT2D eigenvalue weighted by molar-refractivity contribution is 5.10. The van der Waals surface area contributed by atoms with Gasteiger partial charge in [-0.25, -0.2) is 0 Å². The molecule has 2 aliphatic rings. The fourth-order valence-electron chi connectivity index (χ4n) is 3.63. The highest BCUT2D eigenvalue weighted by Gasteiger charge is 2.56. The molecule has 0 heterocycles. The Morgan fingerprint density at radius 2 is 1.88 bits per heavy atom. The van der Waals surface area contributed by atoms with E-state index in [1.54, 1.807) is 0 Å². The number of hydrogen-bond donors (Lipinski definition) is 1. The molecule has 0 bridgehead atoms. The van der Waals surface area contributed by atoms with Crippen LogP contribution in [0.1, 0.15) is 59.8 Å². The minimum Gasteiger partial charge on any atom is -0.378 e. The second-order valence-corrected chi connectivity index (χ2v) is 6.37. The van der Waals surface area contributed by atoms with E-state index in [1.165, 1.54) is 32.1 Å². The van der Waals surface area contributed by atoms with Crippen molar-refractivity contribution in [1.29, 1.82) is 0 Å². The third kappa shape index (κ3) is 2.39. The van der Waals surface area contributed by atoms with Crippen molar-refractivity contribution in [3.8, 4) is 0 Å². The van der Waals surface area contributed by atoms with Crippen molar-refractivity contribution in [2.24, 2.45) is 11.3 Å². The molecule has 100 valence electrons. The minimum atomic E-state index is 0.485. The molecule has 0 saturated heterocycles. The number of hydrogen-bond acceptors (Lipinski definition) is 2. The lowest BCUT2D eigenvalue weighted by Gasteiger charge is -2.55. The van der Waals surface area contributed by atoms with Crippen molar-refractivity contribution in [3.05, 3.63) is 0 Å². The van der Waals surface area contributed by atoms with E-state index in [1.807, 2.05) is 0 Å². The van der Waals surface area contributed by atoms with Crippen LogP contribution in [-0.2, 0) is 4.74 Å². The monoisotopic (exact) mass is 239 g/mol. The minimum absolute atomic E-state index is 0.485. The van der Waals surface area contributed by atoms with E-state index in [9.17, 15) is 0 Å². The molecule has 0 aliphatic heterocycles. The van der Waals surface area contributed by atoms with E-state index in [0.29, 0.717) is 23.6 Å². The molecule has 2 aliphatic carbocycles. The molecular formula is C15H29NO. The van der Waals surface area contributed by atoms with Gasteiger partial charge in [0.05, 0.1) is 6.10 Å². The lowest BCUT2D eigenvalue weighted by Crippen LogP contribution is -2.64. The SMILES string of the molecule is CCOC1CC(NC(C)C(C)C)C12CCCC2. The zero-order chi connectivity index (χ0) is 12.5. The lowest BCUT2D eigenvalue weighted by molar-refractivity contribution is -0.133. The first-order valence-electron chi connectivity index (χ1n) is 7.48. The lowest BCUT2D eigenvalue weighted by atomic mass is 9.60. The quantitative estimate of drug-likeness (QED) is 0.794. The predicted octanol–water partition coefficient (Wildman–Crippen LogP) is 3.36. The van der Waals surface area contributed by atoms with Crippen LogP contribution in [0.4, 0.5) is 0 Å². The van der Waals surface area contributed by atoms with Crippen molar-refractivity contribution in [2.75, 3.05) is 6.61 Å². The number of rotatable bonds is 5. The van der Waals surface area contributed by atoms with Gasteiger partial charge in [-0.3, -0.25) is 0 Å². The van der Waals surface area contributed by atoms with Gasteiger partial charge in [0.25, 0.3) is 0 Å². The Hall–Kier alpha value is -0.0800. The van der Waals surface area contributed by atoms with Crippen LogP contribution in [0.2, 0.25) is 0 Å². The van der Waals surface area contributed by atoms with Gasteiger partial charge in [-0.15, -0.1) is 0 Å². The molecule has 0 amide bonds. The summed E-state index contributed by atoms with van der Waals surface area (Å²) in [5.41, 5.74) is 0.485. The summed E-state index contributed by atoms with van der Waals surface area (Å²) in [6.45, 7) is 9.93. The van der Waals surface area contributed by atoms with E-state index >= 15 is 0 Å². The largest absolute Gasteiger partial charge is 0.378 e. The van der Waals surface area contributed by atoms with Gasteiger partial charge in [-0.2, -0.15) is 0 Å². The average molecular weight is 239 g/mol. The maximum atomic E-state index is 5.95.